The molecular weight excluding hydrogens is 306 g/mol. The molecule has 0 bridgehead atoms. The molecule has 0 aromatic heterocycles. The maximum atomic E-state index is 4.95. The summed E-state index contributed by atoms with van der Waals surface area (Å²) in [5.74, 6) is 2.45. The number of fused-ring (bicyclic) bond motifs is 1. The van der Waals surface area contributed by atoms with Crippen molar-refractivity contribution < 1.29 is 0 Å². The minimum Gasteiger partial charge on any atom is -0.359 e. The predicted octanol–water partition coefficient (Wildman–Crippen LogP) is 5.10. The van der Waals surface area contributed by atoms with E-state index in [2.05, 4.69) is 79.1 Å². The number of rotatable bonds is 4. The summed E-state index contributed by atoms with van der Waals surface area (Å²) < 4.78 is 0. The summed E-state index contributed by atoms with van der Waals surface area (Å²) in [7, 11) is 0. The van der Waals surface area contributed by atoms with Gasteiger partial charge in [-0.05, 0) is 49.3 Å². The number of hydrogen-bond acceptors (Lipinski definition) is 3. The zero-order valence-corrected chi connectivity index (χ0v) is 14.9. The van der Waals surface area contributed by atoms with Gasteiger partial charge in [0, 0.05) is 16.9 Å². The Balaban J connectivity index is 1.63. The van der Waals surface area contributed by atoms with E-state index in [0.29, 0.717) is 5.92 Å². The van der Waals surface area contributed by atoms with Crippen molar-refractivity contribution in [2.45, 2.75) is 32.9 Å². The lowest BCUT2D eigenvalue weighted by Gasteiger charge is -2.26. The highest BCUT2D eigenvalue weighted by atomic mass is 15.2. The van der Waals surface area contributed by atoms with E-state index >= 15 is 0 Å². The molecule has 3 heteroatoms. The van der Waals surface area contributed by atoms with Gasteiger partial charge in [0.15, 0.2) is 0 Å². The summed E-state index contributed by atoms with van der Waals surface area (Å²) in [5, 5.41) is 7.10. The number of aliphatic imine (C=N–C) groups is 1. The van der Waals surface area contributed by atoms with Gasteiger partial charge in [0.2, 0.25) is 0 Å². The molecule has 0 radical (unpaired) electrons. The van der Waals surface area contributed by atoms with Crippen LogP contribution in [0.4, 0.5) is 5.69 Å². The van der Waals surface area contributed by atoms with Gasteiger partial charge in [0.25, 0.3) is 0 Å². The van der Waals surface area contributed by atoms with E-state index in [9.17, 15) is 0 Å². The molecule has 1 fully saturated rings. The van der Waals surface area contributed by atoms with Gasteiger partial charge in [0.05, 0.1) is 0 Å². The molecule has 1 saturated carbocycles. The molecule has 2 aromatic carbocycles. The maximum Gasteiger partial charge on any atom is 0.147 e. The van der Waals surface area contributed by atoms with Crippen LogP contribution in [-0.2, 0) is 0 Å². The Bertz CT molecular complexity index is 803. The Hall–Kier alpha value is -2.55. The van der Waals surface area contributed by atoms with Crippen LogP contribution in [0.1, 0.15) is 44.0 Å². The zero-order valence-electron chi connectivity index (χ0n) is 14.9. The van der Waals surface area contributed by atoms with Crippen molar-refractivity contribution in [2.24, 2.45) is 16.8 Å². The molecule has 2 N–H and O–H groups in total. The minimum absolute atomic E-state index is 0.0627. The van der Waals surface area contributed by atoms with Gasteiger partial charge < -0.3 is 10.6 Å². The SMILES string of the molecule is C/C(=C\C(C)C1CC1)NC1=NC(c2ccccc2)Nc2ccccc21. The average Bonchev–Trinajstić information content (AvgIpc) is 3.47. The van der Waals surface area contributed by atoms with Crippen LogP contribution in [0.2, 0.25) is 0 Å². The van der Waals surface area contributed by atoms with Crippen molar-refractivity contribution in [3.05, 3.63) is 77.5 Å². The molecule has 1 heterocycles. The highest BCUT2D eigenvalue weighted by Gasteiger charge is 2.27. The third kappa shape index (κ3) is 3.60. The molecule has 2 unspecified atom stereocenters. The second kappa shape index (κ2) is 6.75. The number of nitrogens with one attached hydrogen (secondary N) is 2. The van der Waals surface area contributed by atoms with Crippen molar-refractivity contribution in [1.82, 2.24) is 5.32 Å². The fraction of sp³-hybridized carbons (Fsp3) is 0.318. The van der Waals surface area contributed by atoms with E-state index in [1.807, 2.05) is 6.07 Å². The largest absolute Gasteiger partial charge is 0.359 e. The summed E-state index contributed by atoms with van der Waals surface area (Å²) in [6.45, 7) is 4.46. The fourth-order valence-corrected chi connectivity index (χ4v) is 3.47. The third-order valence-corrected chi connectivity index (χ3v) is 5.04. The number of amidine groups is 1. The van der Waals surface area contributed by atoms with Gasteiger partial charge in [-0.1, -0.05) is 55.5 Å². The molecule has 25 heavy (non-hydrogen) atoms. The van der Waals surface area contributed by atoms with Gasteiger partial charge in [-0.25, -0.2) is 4.99 Å². The van der Waals surface area contributed by atoms with Crippen LogP contribution in [0.15, 0.2) is 71.4 Å². The Morgan fingerprint density at radius 3 is 2.60 bits per heavy atom. The van der Waals surface area contributed by atoms with Gasteiger partial charge in [-0.15, -0.1) is 0 Å². The topological polar surface area (TPSA) is 36.4 Å². The van der Waals surface area contributed by atoms with Gasteiger partial charge in [-0.2, -0.15) is 0 Å². The minimum atomic E-state index is -0.0627. The molecular formula is C22H25N3. The Morgan fingerprint density at radius 1 is 1.12 bits per heavy atom. The third-order valence-electron chi connectivity index (χ3n) is 5.04. The van der Waals surface area contributed by atoms with Crippen LogP contribution in [0.5, 0.6) is 0 Å². The first kappa shape index (κ1) is 15.9. The first-order valence-electron chi connectivity index (χ1n) is 9.15. The number of allylic oxidation sites excluding steroid dienone is 2. The lowest BCUT2D eigenvalue weighted by Crippen LogP contribution is -2.30. The molecule has 4 rings (SSSR count). The molecule has 2 aliphatic rings. The highest BCUT2D eigenvalue weighted by molar-refractivity contribution is 6.05. The van der Waals surface area contributed by atoms with Crippen molar-refractivity contribution in [1.29, 1.82) is 0 Å². The predicted molar refractivity (Wildman–Crippen MR) is 105 cm³/mol. The second-order valence-electron chi connectivity index (χ2n) is 7.15. The molecule has 0 spiro atoms. The molecule has 2 atom stereocenters. The van der Waals surface area contributed by atoms with Crippen LogP contribution in [0.25, 0.3) is 0 Å². The van der Waals surface area contributed by atoms with Crippen LogP contribution in [-0.4, -0.2) is 5.84 Å². The van der Waals surface area contributed by atoms with E-state index in [1.54, 1.807) is 0 Å². The average molecular weight is 331 g/mol. The van der Waals surface area contributed by atoms with Crippen molar-refractivity contribution in [3.63, 3.8) is 0 Å². The van der Waals surface area contributed by atoms with Crippen molar-refractivity contribution in [2.75, 3.05) is 5.32 Å². The van der Waals surface area contributed by atoms with E-state index in [0.717, 1.165) is 23.0 Å². The Kier molecular flexibility index (Phi) is 4.31. The van der Waals surface area contributed by atoms with E-state index in [4.69, 9.17) is 4.99 Å². The lowest BCUT2D eigenvalue weighted by molar-refractivity contribution is 0.621. The van der Waals surface area contributed by atoms with Gasteiger partial charge in [0.1, 0.15) is 12.0 Å². The summed E-state index contributed by atoms with van der Waals surface area (Å²) in [5.41, 5.74) is 4.60. The molecule has 2 aromatic rings. The summed E-state index contributed by atoms with van der Waals surface area (Å²) >= 11 is 0. The van der Waals surface area contributed by atoms with Crippen LogP contribution in [0.3, 0.4) is 0 Å². The van der Waals surface area contributed by atoms with Gasteiger partial charge >= 0.3 is 0 Å². The fourth-order valence-electron chi connectivity index (χ4n) is 3.47. The molecule has 0 saturated heterocycles. The van der Waals surface area contributed by atoms with Gasteiger partial charge in [-0.3, -0.25) is 0 Å². The molecule has 0 amide bonds. The highest BCUT2D eigenvalue weighted by Crippen LogP contribution is 2.37. The summed E-state index contributed by atoms with van der Waals surface area (Å²) in [4.78, 5) is 4.95. The van der Waals surface area contributed by atoms with Crippen LogP contribution in [0, 0.1) is 11.8 Å². The van der Waals surface area contributed by atoms with E-state index < -0.39 is 0 Å². The Morgan fingerprint density at radius 2 is 1.84 bits per heavy atom. The quantitative estimate of drug-likeness (QED) is 0.818. The summed E-state index contributed by atoms with van der Waals surface area (Å²) in [6, 6.07) is 18.7. The van der Waals surface area contributed by atoms with E-state index in [1.165, 1.54) is 24.1 Å². The first-order chi connectivity index (χ1) is 12.2. The first-order valence-corrected chi connectivity index (χ1v) is 9.15. The van der Waals surface area contributed by atoms with Crippen LogP contribution >= 0.6 is 0 Å². The Labute approximate surface area is 149 Å². The number of nitrogens with zero attached hydrogens (tertiary/aromatic N) is 1. The standard InChI is InChI=1S/C22H25N3/c1-15(17-12-13-17)14-16(2)23-22-19-10-6-7-11-20(19)24-21(25-22)18-8-4-3-5-9-18/h3-11,14-15,17,21,24H,12-13H2,1-2H3,(H,23,25)/b16-14+. The molecule has 1 aliphatic carbocycles. The van der Waals surface area contributed by atoms with Crippen molar-refractivity contribution >= 4 is 11.5 Å². The number of para-hydroxylation sites is 1. The smallest absolute Gasteiger partial charge is 0.147 e. The monoisotopic (exact) mass is 331 g/mol. The number of hydrogen-bond donors (Lipinski definition) is 2. The lowest BCUT2D eigenvalue weighted by atomic mass is 10.0. The van der Waals surface area contributed by atoms with Crippen molar-refractivity contribution in [3.8, 4) is 0 Å². The number of benzene rings is 2. The zero-order chi connectivity index (χ0) is 17.2. The normalized spacial score (nSPS) is 21.0. The molecule has 1 aliphatic heterocycles. The van der Waals surface area contributed by atoms with Crippen LogP contribution < -0.4 is 10.6 Å². The summed E-state index contributed by atoms with van der Waals surface area (Å²) in [6.07, 6.45) is 5.03. The molecule has 128 valence electrons. The number of anilines is 1. The molecule has 3 nitrogen and oxygen atoms in total. The second-order valence-corrected chi connectivity index (χ2v) is 7.15. The van der Waals surface area contributed by atoms with E-state index in [-0.39, 0.29) is 6.17 Å². The maximum absolute atomic E-state index is 4.95.